The fraction of sp³-hybridized carbons (Fsp3) is 0.562. The molecule has 20 heavy (non-hydrogen) atoms. The zero-order valence-electron chi connectivity index (χ0n) is 12.8. The van der Waals surface area contributed by atoms with Crippen LogP contribution in [0.25, 0.3) is 0 Å². The number of thioether (sulfide) groups is 1. The van der Waals surface area contributed by atoms with E-state index in [0.29, 0.717) is 12.6 Å². The number of hydrogen-bond donors (Lipinski definition) is 0. The Bertz CT molecular complexity index is 456. The van der Waals surface area contributed by atoms with Gasteiger partial charge in [-0.3, -0.25) is 0 Å². The summed E-state index contributed by atoms with van der Waals surface area (Å²) in [6.45, 7) is 7.94. The number of methoxy groups -OCH3 is 1. The third-order valence-electron chi connectivity index (χ3n) is 3.38. The molecule has 0 N–H and O–H groups in total. The summed E-state index contributed by atoms with van der Waals surface area (Å²) in [6, 6.07) is 8.88. The summed E-state index contributed by atoms with van der Waals surface area (Å²) >= 11 is 1.72. The van der Waals surface area contributed by atoms with E-state index in [2.05, 4.69) is 31.7 Å². The van der Waals surface area contributed by atoms with E-state index < -0.39 is 0 Å². The molecule has 0 spiro atoms. The smallest absolute Gasteiger partial charge is 0.103 e. The standard InChI is InChI=1S/C16H24N2OS/c1-5-13(3)18(10-11-19-4)15-8-7-9-16(20-6-2)14(15)12-17/h7-9,13H,5-6,10-11H2,1-4H3. The number of ether oxygens (including phenoxy) is 1. The van der Waals surface area contributed by atoms with Gasteiger partial charge in [0.25, 0.3) is 0 Å². The number of hydrogen-bond acceptors (Lipinski definition) is 4. The van der Waals surface area contributed by atoms with Gasteiger partial charge < -0.3 is 9.64 Å². The predicted molar refractivity (Wildman–Crippen MR) is 86.5 cm³/mol. The topological polar surface area (TPSA) is 36.3 Å². The van der Waals surface area contributed by atoms with E-state index in [1.807, 2.05) is 18.2 Å². The molecule has 0 aliphatic heterocycles. The van der Waals surface area contributed by atoms with Crippen LogP contribution in [0.5, 0.6) is 0 Å². The van der Waals surface area contributed by atoms with Crippen LogP contribution >= 0.6 is 11.8 Å². The zero-order valence-corrected chi connectivity index (χ0v) is 13.7. The lowest BCUT2D eigenvalue weighted by Gasteiger charge is -2.31. The molecule has 0 fully saturated rings. The van der Waals surface area contributed by atoms with Crippen LogP contribution in [0, 0.1) is 11.3 Å². The first-order valence-electron chi connectivity index (χ1n) is 7.11. The minimum Gasteiger partial charge on any atom is -0.383 e. The van der Waals surface area contributed by atoms with Gasteiger partial charge in [-0.05, 0) is 31.2 Å². The van der Waals surface area contributed by atoms with Crippen molar-refractivity contribution >= 4 is 17.4 Å². The number of benzene rings is 1. The lowest BCUT2D eigenvalue weighted by molar-refractivity contribution is 0.203. The Labute approximate surface area is 126 Å². The molecule has 1 aromatic carbocycles. The zero-order chi connectivity index (χ0) is 15.0. The Morgan fingerprint density at radius 1 is 1.40 bits per heavy atom. The van der Waals surface area contributed by atoms with Crippen molar-refractivity contribution in [3.63, 3.8) is 0 Å². The SMILES string of the molecule is CCSc1cccc(N(CCOC)C(C)CC)c1C#N. The first-order valence-corrected chi connectivity index (χ1v) is 8.09. The van der Waals surface area contributed by atoms with Crippen molar-refractivity contribution in [3.05, 3.63) is 23.8 Å². The maximum absolute atomic E-state index is 9.53. The van der Waals surface area contributed by atoms with Gasteiger partial charge in [0.2, 0.25) is 0 Å². The third kappa shape index (κ3) is 4.16. The van der Waals surface area contributed by atoms with Crippen molar-refractivity contribution in [1.82, 2.24) is 0 Å². The molecule has 0 bridgehead atoms. The number of nitrogens with zero attached hydrogens (tertiary/aromatic N) is 2. The maximum atomic E-state index is 9.53. The van der Waals surface area contributed by atoms with Gasteiger partial charge in [0.15, 0.2) is 0 Å². The molecule has 1 aromatic rings. The molecule has 0 heterocycles. The Balaban J connectivity index is 3.18. The second-order valence-electron chi connectivity index (χ2n) is 4.64. The molecule has 4 heteroatoms. The molecule has 0 amide bonds. The highest BCUT2D eigenvalue weighted by molar-refractivity contribution is 7.99. The Kier molecular flexibility index (Phi) is 7.50. The first-order chi connectivity index (χ1) is 9.69. The van der Waals surface area contributed by atoms with Gasteiger partial charge in [-0.2, -0.15) is 5.26 Å². The molecule has 0 saturated heterocycles. The third-order valence-corrected chi connectivity index (χ3v) is 4.32. The first kappa shape index (κ1) is 16.9. The van der Waals surface area contributed by atoms with E-state index in [0.717, 1.165) is 34.9 Å². The van der Waals surface area contributed by atoms with Crippen LogP contribution in [0.3, 0.4) is 0 Å². The number of rotatable bonds is 8. The quantitative estimate of drug-likeness (QED) is 0.680. The van der Waals surface area contributed by atoms with E-state index >= 15 is 0 Å². The van der Waals surface area contributed by atoms with E-state index in [9.17, 15) is 5.26 Å². The van der Waals surface area contributed by atoms with Gasteiger partial charge in [0.1, 0.15) is 6.07 Å². The summed E-state index contributed by atoms with van der Waals surface area (Å²) in [4.78, 5) is 3.35. The van der Waals surface area contributed by atoms with Crippen LogP contribution in [0.4, 0.5) is 5.69 Å². The van der Waals surface area contributed by atoms with Crippen LogP contribution in [0.15, 0.2) is 23.1 Å². The Hall–Kier alpha value is -1.18. The fourth-order valence-corrected chi connectivity index (χ4v) is 2.92. The average molecular weight is 292 g/mol. The molecule has 3 nitrogen and oxygen atoms in total. The summed E-state index contributed by atoms with van der Waals surface area (Å²) < 4.78 is 5.21. The van der Waals surface area contributed by atoms with Crippen LogP contribution in [0.1, 0.15) is 32.8 Å². The van der Waals surface area contributed by atoms with Crippen LogP contribution in [0.2, 0.25) is 0 Å². The van der Waals surface area contributed by atoms with E-state index in [1.54, 1.807) is 18.9 Å². The summed E-state index contributed by atoms with van der Waals surface area (Å²) in [7, 11) is 1.71. The summed E-state index contributed by atoms with van der Waals surface area (Å²) in [5, 5.41) is 9.53. The lowest BCUT2D eigenvalue weighted by atomic mass is 10.1. The maximum Gasteiger partial charge on any atom is 0.103 e. The van der Waals surface area contributed by atoms with Gasteiger partial charge >= 0.3 is 0 Å². The van der Waals surface area contributed by atoms with Gasteiger partial charge in [-0.25, -0.2) is 0 Å². The van der Waals surface area contributed by atoms with Gasteiger partial charge in [0.05, 0.1) is 17.9 Å². The highest BCUT2D eigenvalue weighted by Crippen LogP contribution is 2.31. The van der Waals surface area contributed by atoms with Gasteiger partial charge in [0, 0.05) is 24.6 Å². The molecule has 0 radical (unpaired) electrons. The van der Waals surface area contributed by atoms with E-state index in [1.165, 1.54) is 0 Å². The highest BCUT2D eigenvalue weighted by Gasteiger charge is 2.18. The molecular weight excluding hydrogens is 268 g/mol. The summed E-state index contributed by atoms with van der Waals surface area (Å²) in [5.74, 6) is 0.972. The largest absolute Gasteiger partial charge is 0.383 e. The van der Waals surface area contributed by atoms with Gasteiger partial charge in [-0.1, -0.05) is 19.9 Å². The molecule has 0 aliphatic rings. The van der Waals surface area contributed by atoms with Crippen molar-refractivity contribution < 1.29 is 4.74 Å². The Morgan fingerprint density at radius 2 is 2.15 bits per heavy atom. The molecule has 110 valence electrons. The van der Waals surface area contributed by atoms with Crippen LogP contribution in [-0.2, 0) is 4.74 Å². The molecular formula is C16H24N2OS. The highest BCUT2D eigenvalue weighted by atomic mass is 32.2. The lowest BCUT2D eigenvalue weighted by Crippen LogP contribution is -2.36. The van der Waals surface area contributed by atoms with Crippen molar-refractivity contribution in [2.45, 2.75) is 38.1 Å². The second-order valence-corrected chi connectivity index (χ2v) is 5.94. The molecule has 1 atom stereocenters. The van der Waals surface area contributed by atoms with Crippen molar-refractivity contribution in [2.24, 2.45) is 0 Å². The number of nitriles is 1. The normalized spacial score (nSPS) is 11.9. The predicted octanol–water partition coefficient (Wildman–Crippen LogP) is 3.92. The van der Waals surface area contributed by atoms with E-state index in [4.69, 9.17) is 4.74 Å². The fourth-order valence-electron chi connectivity index (χ4n) is 2.14. The van der Waals surface area contributed by atoms with Crippen molar-refractivity contribution in [2.75, 3.05) is 30.9 Å². The second kappa shape index (κ2) is 8.89. The molecule has 1 rings (SSSR count). The summed E-state index contributed by atoms with van der Waals surface area (Å²) in [5.41, 5.74) is 1.81. The van der Waals surface area contributed by atoms with Gasteiger partial charge in [-0.15, -0.1) is 11.8 Å². The van der Waals surface area contributed by atoms with Crippen molar-refractivity contribution in [3.8, 4) is 6.07 Å². The monoisotopic (exact) mass is 292 g/mol. The number of anilines is 1. The Morgan fingerprint density at radius 3 is 2.70 bits per heavy atom. The van der Waals surface area contributed by atoms with Crippen LogP contribution < -0.4 is 4.90 Å². The minimum atomic E-state index is 0.388. The average Bonchev–Trinajstić information content (AvgIpc) is 2.47. The molecule has 0 aromatic heterocycles. The molecule has 1 unspecified atom stereocenters. The van der Waals surface area contributed by atoms with Crippen molar-refractivity contribution in [1.29, 1.82) is 5.26 Å². The van der Waals surface area contributed by atoms with Crippen LogP contribution in [-0.4, -0.2) is 32.1 Å². The van der Waals surface area contributed by atoms with E-state index in [-0.39, 0.29) is 0 Å². The molecule has 0 saturated carbocycles. The minimum absolute atomic E-state index is 0.388. The molecule has 0 aliphatic carbocycles. The summed E-state index contributed by atoms with van der Waals surface area (Å²) in [6.07, 6.45) is 1.04.